The Balaban J connectivity index is 3.52. The fourth-order valence-corrected chi connectivity index (χ4v) is 1.19. The number of rotatable bonds is 5. The van der Waals surface area contributed by atoms with E-state index in [1.165, 1.54) is 0 Å². The van der Waals surface area contributed by atoms with Gasteiger partial charge < -0.3 is 16.2 Å². The van der Waals surface area contributed by atoms with Gasteiger partial charge in [-0.05, 0) is 6.42 Å². The van der Waals surface area contributed by atoms with Gasteiger partial charge in [-0.2, -0.15) is 0 Å². The maximum absolute atomic E-state index is 10.9. The molecule has 0 bridgehead atoms. The topological polar surface area (TPSA) is 92.4 Å². The molecule has 0 unspecified atom stereocenters. The standard InChI is InChI=1S/C7H14N2O3S/c1-2-3-9-7(12)13-4-5(8)6(10)11/h5H,2-4,8H2,1H3,(H,9,12)(H,10,11)/t5-/m0/s1. The monoisotopic (exact) mass is 206 g/mol. The van der Waals surface area contributed by atoms with Crippen LogP contribution >= 0.6 is 11.8 Å². The van der Waals surface area contributed by atoms with E-state index in [0.29, 0.717) is 6.54 Å². The Kier molecular flexibility index (Phi) is 6.34. The van der Waals surface area contributed by atoms with Gasteiger partial charge in [0.1, 0.15) is 6.04 Å². The third-order valence-corrected chi connectivity index (χ3v) is 2.16. The van der Waals surface area contributed by atoms with Crippen LogP contribution in [-0.4, -0.2) is 34.7 Å². The molecule has 0 rings (SSSR count). The number of hydrogen-bond donors (Lipinski definition) is 3. The van der Waals surface area contributed by atoms with Gasteiger partial charge in [0.2, 0.25) is 0 Å². The molecule has 76 valence electrons. The summed E-state index contributed by atoms with van der Waals surface area (Å²) in [6.45, 7) is 2.54. The summed E-state index contributed by atoms with van der Waals surface area (Å²) >= 11 is 0.897. The zero-order valence-corrected chi connectivity index (χ0v) is 8.26. The van der Waals surface area contributed by atoms with E-state index in [4.69, 9.17) is 10.8 Å². The molecule has 0 aromatic heterocycles. The molecular formula is C7H14N2O3S. The van der Waals surface area contributed by atoms with E-state index in [-0.39, 0.29) is 11.0 Å². The molecule has 13 heavy (non-hydrogen) atoms. The molecule has 4 N–H and O–H groups in total. The van der Waals surface area contributed by atoms with Crippen LogP contribution in [0.15, 0.2) is 0 Å². The van der Waals surface area contributed by atoms with E-state index < -0.39 is 12.0 Å². The van der Waals surface area contributed by atoms with E-state index in [1.807, 2.05) is 6.92 Å². The molecule has 0 aliphatic rings. The van der Waals surface area contributed by atoms with Crippen LogP contribution in [0.2, 0.25) is 0 Å². The second-order valence-corrected chi connectivity index (χ2v) is 3.46. The SMILES string of the molecule is CCCNC(=O)SC[C@H](N)C(=O)O. The molecule has 5 nitrogen and oxygen atoms in total. The average Bonchev–Trinajstić information content (AvgIpc) is 2.10. The van der Waals surface area contributed by atoms with Crippen molar-refractivity contribution in [2.24, 2.45) is 5.73 Å². The van der Waals surface area contributed by atoms with E-state index in [2.05, 4.69) is 5.32 Å². The molecule has 0 aliphatic carbocycles. The number of carboxylic acids is 1. The summed E-state index contributed by atoms with van der Waals surface area (Å²) in [5.74, 6) is -0.985. The minimum absolute atomic E-state index is 0.102. The first kappa shape index (κ1) is 12.2. The molecule has 0 fully saturated rings. The summed E-state index contributed by atoms with van der Waals surface area (Å²) in [5.41, 5.74) is 5.19. The summed E-state index contributed by atoms with van der Waals surface area (Å²) in [4.78, 5) is 21.2. The number of nitrogens with one attached hydrogen (secondary N) is 1. The van der Waals surface area contributed by atoms with Gasteiger partial charge in [-0.15, -0.1) is 0 Å². The molecular weight excluding hydrogens is 192 g/mol. The predicted molar refractivity (Wildman–Crippen MR) is 51.8 cm³/mol. The summed E-state index contributed by atoms with van der Waals surface area (Å²) in [6.07, 6.45) is 0.858. The zero-order valence-electron chi connectivity index (χ0n) is 7.45. The second kappa shape index (κ2) is 6.73. The summed E-state index contributed by atoms with van der Waals surface area (Å²) in [7, 11) is 0. The highest BCUT2D eigenvalue weighted by molar-refractivity contribution is 8.13. The van der Waals surface area contributed by atoms with Crippen molar-refractivity contribution in [2.75, 3.05) is 12.3 Å². The largest absolute Gasteiger partial charge is 0.480 e. The van der Waals surface area contributed by atoms with Crippen LogP contribution in [0.25, 0.3) is 0 Å². The average molecular weight is 206 g/mol. The molecule has 1 atom stereocenters. The smallest absolute Gasteiger partial charge is 0.321 e. The second-order valence-electron chi connectivity index (χ2n) is 2.47. The Labute approximate surface area is 81.1 Å². The zero-order chi connectivity index (χ0) is 10.3. The highest BCUT2D eigenvalue weighted by Crippen LogP contribution is 2.02. The molecule has 0 radical (unpaired) electrons. The lowest BCUT2D eigenvalue weighted by atomic mass is 10.4. The van der Waals surface area contributed by atoms with Crippen LogP contribution in [0.1, 0.15) is 13.3 Å². The van der Waals surface area contributed by atoms with Gasteiger partial charge in [0, 0.05) is 12.3 Å². The number of thioether (sulfide) groups is 1. The van der Waals surface area contributed by atoms with Crippen LogP contribution < -0.4 is 11.1 Å². The first-order valence-corrected chi connectivity index (χ1v) is 4.95. The number of aliphatic carboxylic acids is 1. The highest BCUT2D eigenvalue weighted by atomic mass is 32.2. The Hall–Kier alpha value is -0.750. The van der Waals surface area contributed by atoms with Crippen molar-refractivity contribution >= 4 is 23.0 Å². The van der Waals surface area contributed by atoms with Crippen molar-refractivity contribution < 1.29 is 14.7 Å². The molecule has 1 amide bonds. The Morgan fingerprint density at radius 2 is 2.23 bits per heavy atom. The third kappa shape index (κ3) is 6.41. The minimum atomic E-state index is -1.09. The molecule has 0 aromatic carbocycles. The van der Waals surface area contributed by atoms with Gasteiger partial charge in [0.25, 0.3) is 5.24 Å². The molecule has 0 heterocycles. The van der Waals surface area contributed by atoms with Crippen molar-refractivity contribution in [3.63, 3.8) is 0 Å². The Bertz CT molecular complexity index is 187. The molecule has 0 aromatic rings. The van der Waals surface area contributed by atoms with Gasteiger partial charge >= 0.3 is 5.97 Å². The van der Waals surface area contributed by atoms with Gasteiger partial charge in [0.05, 0.1) is 0 Å². The van der Waals surface area contributed by atoms with Gasteiger partial charge in [-0.25, -0.2) is 0 Å². The van der Waals surface area contributed by atoms with Gasteiger partial charge in [0.15, 0.2) is 0 Å². The summed E-state index contributed by atoms with van der Waals surface area (Å²) in [5, 5.41) is 10.8. The summed E-state index contributed by atoms with van der Waals surface area (Å²) in [6, 6.07) is -0.975. The van der Waals surface area contributed by atoms with Crippen molar-refractivity contribution in [1.82, 2.24) is 5.32 Å². The minimum Gasteiger partial charge on any atom is -0.480 e. The molecule has 6 heteroatoms. The van der Waals surface area contributed by atoms with E-state index in [9.17, 15) is 9.59 Å². The fraction of sp³-hybridized carbons (Fsp3) is 0.714. The van der Waals surface area contributed by atoms with Crippen molar-refractivity contribution in [3.8, 4) is 0 Å². The molecule has 0 aliphatic heterocycles. The lowest BCUT2D eigenvalue weighted by molar-refractivity contribution is -0.137. The third-order valence-electron chi connectivity index (χ3n) is 1.23. The number of carbonyl (C=O) groups excluding carboxylic acids is 1. The van der Waals surface area contributed by atoms with Crippen molar-refractivity contribution in [3.05, 3.63) is 0 Å². The Morgan fingerprint density at radius 3 is 2.69 bits per heavy atom. The molecule has 0 saturated heterocycles. The highest BCUT2D eigenvalue weighted by Gasteiger charge is 2.13. The van der Waals surface area contributed by atoms with Crippen molar-refractivity contribution in [1.29, 1.82) is 0 Å². The number of hydrogen-bond acceptors (Lipinski definition) is 4. The first-order valence-electron chi connectivity index (χ1n) is 3.97. The quantitative estimate of drug-likeness (QED) is 0.599. The fourth-order valence-electron chi connectivity index (χ4n) is 0.515. The maximum Gasteiger partial charge on any atom is 0.321 e. The lowest BCUT2D eigenvalue weighted by Crippen LogP contribution is -2.33. The maximum atomic E-state index is 10.9. The number of carboxylic acid groups (broad SMARTS) is 1. The van der Waals surface area contributed by atoms with Crippen LogP contribution in [0.3, 0.4) is 0 Å². The number of nitrogens with two attached hydrogens (primary N) is 1. The predicted octanol–water partition coefficient (Wildman–Crippen LogP) is 0.251. The van der Waals surface area contributed by atoms with Crippen LogP contribution in [0.5, 0.6) is 0 Å². The molecule has 0 spiro atoms. The van der Waals surface area contributed by atoms with E-state index in [1.54, 1.807) is 0 Å². The first-order chi connectivity index (χ1) is 6.07. The van der Waals surface area contributed by atoms with Crippen LogP contribution in [-0.2, 0) is 4.79 Å². The van der Waals surface area contributed by atoms with E-state index in [0.717, 1.165) is 18.2 Å². The lowest BCUT2D eigenvalue weighted by Gasteiger charge is -2.05. The molecule has 0 saturated carbocycles. The van der Waals surface area contributed by atoms with E-state index >= 15 is 0 Å². The van der Waals surface area contributed by atoms with Crippen LogP contribution in [0, 0.1) is 0 Å². The van der Waals surface area contributed by atoms with Gasteiger partial charge in [-0.1, -0.05) is 18.7 Å². The van der Waals surface area contributed by atoms with Gasteiger partial charge in [-0.3, -0.25) is 9.59 Å². The van der Waals surface area contributed by atoms with Crippen LogP contribution in [0.4, 0.5) is 4.79 Å². The summed E-state index contributed by atoms with van der Waals surface area (Å²) < 4.78 is 0. The van der Waals surface area contributed by atoms with Crippen molar-refractivity contribution in [2.45, 2.75) is 19.4 Å². The number of amides is 1. The normalized spacial score (nSPS) is 12.2. The Morgan fingerprint density at radius 1 is 1.62 bits per heavy atom. The number of carbonyl (C=O) groups is 2.